The van der Waals surface area contributed by atoms with Crippen LogP contribution in [-0.4, -0.2) is 28.7 Å². The van der Waals surface area contributed by atoms with E-state index in [1.165, 1.54) is 4.90 Å². The van der Waals surface area contributed by atoms with Crippen LogP contribution in [0.25, 0.3) is 0 Å². The fourth-order valence-electron chi connectivity index (χ4n) is 1.39. The van der Waals surface area contributed by atoms with Gasteiger partial charge in [-0.3, -0.25) is 0 Å². The molecule has 0 saturated carbocycles. The molecule has 0 aliphatic carbocycles. The molecule has 1 amide bonds. The number of rotatable bonds is 0. The van der Waals surface area contributed by atoms with Crippen LogP contribution in [0.1, 0.15) is 13.3 Å². The molecule has 0 radical (unpaired) electrons. The van der Waals surface area contributed by atoms with Gasteiger partial charge in [-0.1, -0.05) is 0 Å². The molecule has 1 aliphatic heterocycles. The second-order valence-electron chi connectivity index (χ2n) is 2.85. The van der Waals surface area contributed by atoms with Crippen LogP contribution >= 0.6 is 0 Å². The van der Waals surface area contributed by atoms with E-state index in [1.807, 2.05) is 6.92 Å². The molecule has 0 aromatic carbocycles. The highest BCUT2D eigenvalue weighted by Crippen LogP contribution is 2.21. The van der Waals surface area contributed by atoms with Crippen molar-refractivity contribution in [2.75, 3.05) is 6.54 Å². The van der Waals surface area contributed by atoms with Crippen molar-refractivity contribution in [3.8, 4) is 6.07 Å². The fourth-order valence-corrected chi connectivity index (χ4v) is 1.39. The van der Waals surface area contributed by atoms with E-state index < -0.39 is 6.09 Å². The third-order valence-electron chi connectivity index (χ3n) is 2.00. The first-order valence-electron chi connectivity index (χ1n) is 3.54. The molecule has 0 aromatic rings. The zero-order valence-electron chi connectivity index (χ0n) is 6.32. The van der Waals surface area contributed by atoms with Gasteiger partial charge in [-0.2, -0.15) is 5.26 Å². The maximum atomic E-state index is 10.5. The molecule has 2 atom stereocenters. The van der Waals surface area contributed by atoms with Gasteiger partial charge in [0.25, 0.3) is 0 Å². The van der Waals surface area contributed by atoms with Crippen LogP contribution in [0.4, 0.5) is 4.79 Å². The first-order valence-corrected chi connectivity index (χ1v) is 3.54. The van der Waals surface area contributed by atoms with E-state index in [1.54, 1.807) is 0 Å². The second kappa shape index (κ2) is 2.79. The predicted molar refractivity (Wildman–Crippen MR) is 37.9 cm³/mol. The van der Waals surface area contributed by atoms with E-state index in [4.69, 9.17) is 10.4 Å². The topological polar surface area (TPSA) is 64.3 Å². The standard InChI is InChI=1S/C7H10N2O2/c1-5-2-6(3-8)4-9(5)7(10)11/h5-6H,2,4H2,1H3,(H,10,11)/t5-,6+/m0/s1. The normalized spacial score (nSPS) is 30.0. The Hall–Kier alpha value is -1.24. The van der Waals surface area contributed by atoms with Crippen molar-refractivity contribution < 1.29 is 9.90 Å². The smallest absolute Gasteiger partial charge is 0.407 e. The van der Waals surface area contributed by atoms with Gasteiger partial charge in [0.15, 0.2) is 0 Å². The van der Waals surface area contributed by atoms with Crippen LogP contribution in [-0.2, 0) is 0 Å². The Morgan fingerprint density at radius 3 is 2.73 bits per heavy atom. The van der Waals surface area contributed by atoms with Crippen molar-refractivity contribution in [1.29, 1.82) is 5.26 Å². The first kappa shape index (κ1) is 7.86. The second-order valence-corrected chi connectivity index (χ2v) is 2.85. The highest BCUT2D eigenvalue weighted by Gasteiger charge is 2.31. The quantitative estimate of drug-likeness (QED) is 0.563. The third-order valence-corrected chi connectivity index (χ3v) is 2.00. The molecule has 0 aromatic heterocycles. The molecule has 60 valence electrons. The van der Waals surface area contributed by atoms with Gasteiger partial charge in [-0.15, -0.1) is 0 Å². The van der Waals surface area contributed by atoms with Crippen molar-refractivity contribution in [3.63, 3.8) is 0 Å². The molecule has 1 fully saturated rings. The van der Waals surface area contributed by atoms with E-state index in [9.17, 15) is 4.79 Å². The van der Waals surface area contributed by atoms with Gasteiger partial charge in [0.2, 0.25) is 0 Å². The Morgan fingerprint density at radius 1 is 1.82 bits per heavy atom. The van der Waals surface area contributed by atoms with E-state index in [0.717, 1.165) is 0 Å². The lowest BCUT2D eigenvalue weighted by atomic mass is 10.1. The summed E-state index contributed by atoms with van der Waals surface area (Å²) in [6, 6.07) is 2.07. The molecule has 1 N–H and O–H groups in total. The Balaban J connectivity index is 2.60. The van der Waals surface area contributed by atoms with Crippen molar-refractivity contribution >= 4 is 6.09 Å². The molecule has 1 saturated heterocycles. The molecule has 0 bridgehead atoms. The average molecular weight is 154 g/mol. The summed E-state index contributed by atoms with van der Waals surface area (Å²) < 4.78 is 0. The van der Waals surface area contributed by atoms with Crippen LogP contribution in [0.15, 0.2) is 0 Å². The van der Waals surface area contributed by atoms with Crippen LogP contribution in [0.2, 0.25) is 0 Å². The summed E-state index contributed by atoms with van der Waals surface area (Å²) in [5.74, 6) is -0.110. The monoisotopic (exact) mass is 154 g/mol. The minimum atomic E-state index is -0.921. The fraction of sp³-hybridized carbons (Fsp3) is 0.714. The SMILES string of the molecule is C[C@H]1C[C@H](C#N)CN1C(=O)O. The number of carbonyl (C=O) groups is 1. The zero-order chi connectivity index (χ0) is 8.43. The highest BCUT2D eigenvalue weighted by molar-refractivity contribution is 5.65. The highest BCUT2D eigenvalue weighted by atomic mass is 16.4. The van der Waals surface area contributed by atoms with Crippen molar-refractivity contribution in [3.05, 3.63) is 0 Å². The Kier molecular flexibility index (Phi) is 1.99. The molecule has 0 unspecified atom stereocenters. The van der Waals surface area contributed by atoms with Crippen molar-refractivity contribution in [1.82, 2.24) is 4.90 Å². The summed E-state index contributed by atoms with van der Waals surface area (Å²) >= 11 is 0. The molecule has 1 aliphatic rings. The van der Waals surface area contributed by atoms with Crippen LogP contribution < -0.4 is 0 Å². The third kappa shape index (κ3) is 1.43. The lowest BCUT2D eigenvalue weighted by Gasteiger charge is -2.15. The Labute approximate surface area is 65.0 Å². The van der Waals surface area contributed by atoms with Gasteiger partial charge in [0.1, 0.15) is 0 Å². The Bertz CT molecular complexity index is 209. The maximum Gasteiger partial charge on any atom is 0.407 e. The van der Waals surface area contributed by atoms with Gasteiger partial charge in [-0.25, -0.2) is 4.79 Å². The van der Waals surface area contributed by atoms with Gasteiger partial charge < -0.3 is 10.0 Å². The van der Waals surface area contributed by atoms with E-state index in [0.29, 0.717) is 13.0 Å². The summed E-state index contributed by atoms with van der Waals surface area (Å²) in [5, 5.41) is 17.1. The van der Waals surface area contributed by atoms with Gasteiger partial charge in [0.05, 0.1) is 12.0 Å². The molecule has 4 heteroatoms. The summed E-state index contributed by atoms with van der Waals surface area (Å²) in [4.78, 5) is 11.8. The number of likely N-dealkylation sites (tertiary alicyclic amines) is 1. The first-order chi connectivity index (χ1) is 5.15. The number of hydrogen-bond acceptors (Lipinski definition) is 2. The van der Waals surface area contributed by atoms with Crippen molar-refractivity contribution in [2.45, 2.75) is 19.4 Å². The minimum Gasteiger partial charge on any atom is -0.465 e. The molecule has 11 heavy (non-hydrogen) atoms. The van der Waals surface area contributed by atoms with Crippen LogP contribution in [0.3, 0.4) is 0 Å². The molecular formula is C7H10N2O2. The predicted octanol–water partition coefficient (Wildman–Crippen LogP) is 0.898. The molecule has 0 spiro atoms. The molecule has 1 rings (SSSR count). The van der Waals surface area contributed by atoms with E-state index in [-0.39, 0.29) is 12.0 Å². The lowest BCUT2D eigenvalue weighted by Crippen LogP contribution is -2.32. The Morgan fingerprint density at radius 2 is 2.45 bits per heavy atom. The van der Waals surface area contributed by atoms with Crippen LogP contribution in [0.5, 0.6) is 0 Å². The summed E-state index contributed by atoms with van der Waals surface area (Å²) in [6.45, 7) is 2.19. The number of nitrogens with zero attached hydrogens (tertiary/aromatic N) is 2. The maximum absolute atomic E-state index is 10.5. The number of hydrogen-bond donors (Lipinski definition) is 1. The van der Waals surface area contributed by atoms with Gasteiger partial charge >= 0.3 is 6.09 Å². The van der Waals surface area contributed by atoms with E-state index in [2.05, 4.69) is 6.07 Å². The minimum absolute atomic E-state index is 0.00264. The van der Waals surface area contributed by atoms with Gasteiger partial charge in [-0.05, 0) is 13.3 Å². The van der Waals surface area contributed by atoms with Gasteiger partial charge in [0, 0.05) is 12.6 Å². The molecule has 4 nitrogen and oxygen atoms in total. The molecular weight excluding hydrogens is 144 g/mol. The average Bonchev–Trinajstić information content (AvgIpc) is 2.30. The summed E-state index contributed by atoms with van der Waals surface area (Å²) in [5.41, 5.74) is 0. The summed E-state index contributed by atoms with van der Waals surface area (Å²) in [7, 11) is 0. The largest absolute Gasteiger partial charge is 0.465 e. The van der Waals surface area contributed by atoms with Crippen molar-refractivity contribution in [2.24, 2.45) is 5.92 Å². The van der Waals surface area contributed by atoms with E-state index >= 15 is 0 Å². The van der Waals surface area contributed by atoms with Crippen LogP contribution in [0, 0.1) is 17.2 Å². The molecule has 1 heterocycles. The number of amides is 1. The zero-order valence-corrected chi connectivity index (χ0v) is 6.32. The number of nitriles is 1. The lowest BCUT2D eigenvalue weighted by molar-refractivity contribution is 0.143. The number of carboxylic acid groups (broad SMARTS) is 1. The summed E-state index contributed by atoms with van der Waals surface area (Å²) in [6.07, 6.45) is -0.252.